The lowest BCUT2D eigenvalue weighted by Gasteiger charge is -2.37. The number of likely N-dealkylation sites (tertiary alicyclic amines) is 1. The van der Waals surface area contributed by atoms with Crippen molar-refractivity contribution in [3.63, 3.8) is 0 Å². The van der Waals surface area contributed by atoms with Crippen LogP contribution in [0.15, 0.2) is 36.4 Å². The molecule has 0 aromatic heterocycles. The minimum absolute atomic E-state index is 0.0467. The highest BCUT2D eigenvalue weighted by molar-refractivity contribution is 6.05. The number of allylic oxidation sites excluding steroid dienone is 2. The molecule has 1 aliphatic carbocycles. The quantitative estimate of drug-likeness (QED) is 0.287. The molecule has 0 N–H and O–H groups in total. The number of imide groups is 1. The Morgan fingerprint density at radius 3 is 2.24 bits per heavy atom. The van der Waals surface area contributed by atoms with E-state index in [1.165, 1.54) is 29.8 Å². The monoisotopic (exact) mass is 453 g/mol. The van der Waals surface area contributed by atoms with E-state index in [-0.39, 0.29) is 23.7 Å². The van der Waals surface area contributed by atoms with Crippen molar-refractivity contribution in [1.29, 1.82) is 0 Å². The number of piperazine rings is 1. The fourth-order valence-electron chi connectivity index (χ4n) is 5.31. The lowest BCUT2D eigenvalue weighted by Crippen LogP contribution is -2.47. The number of carbonyl (C=O) groups is 2. The molecule has 0 bridgehead atoms. The number of hydrogen-bond acceptors (Lipinski definition) is 5. The molecule has 2 heterocycles. The Hall–Kier alpha value is -2.34. The Bertz CT molecular complexity index is 806. The third kappa shape index (κ3) is 5.78. The van der Waals surface area contributed by atoms with E-state index < -0.39 is 0 Å². The van der Waals surface area contributed by atoms with Gasteiger partial charge in [-0.25, -0.2) is 0 Å². The van der Waals surface area contributed by atoms with Crippen LogP contribution in [0.3, 0.4) is 0 Å². The molecule has 2 fully saturated rings. The van der Waals surface area contributed by atoms with Crippen LogP contribution in [0.1, 0.15) is 51.9 Å². The Kier molecular flexibility index (Phi) is 8.43. The van der Waals surface area contributed by atoms with Crippen molar-refractivity contribution in [2.75, 3.05) is 50.8 Å². The molecule has 1 aromatic rings. The topological polar surface area (TPSA) is 53.1 Å². The summed E-state index contributed by atoms with van der Waals surface area (Å²) >= 11 is 0. The van der Waals surface area contributed by atoms with Crippen LogP contribution < -0.4 is 9.64 Å². The first kappa shape index (κ1) is 23.8. The number of rotatable bonds is 11. The minimum atomic E-state index is -0.111. The maximum absolute atomic E-state index is 12.6. The molecule has 4 rings (SSSR count). The highest BCUT2D eigenvalue weighted by Crippen LogP contribution is 2.35. The number of hydrogen-bond donors (Lipinski definition) is 0. The molecule has 0 saturated carbocycles. The molecule has 0 radical (unpaired) electrons. The summed E-state index contributed by atoms with van der Waals surface area (Å²) in [5, 5.41) is 0. The minimum Gasteiger partial charge on any atom is -0.491 e. The number of anilines is 1. The number of carbonyl (C=O) groups excluding carboxylic acids is 2. The Morgan fingerprint density at radius 2 is 1.55 bits per heavy atom. The van der Waals surface area contributed by atoms with Crippen molar-refractivity contribution in [3.8, 4) is 5.75 Å². The second-order valence-electron chi connectivity index (χ2n) is 9.54. The average molecular weight is 454 g/mol. The number of amides is 2. The fourth-order valence-corrected chi connectivity index (χ4v) is 5.31. The first-order valence-electron chi connectivity index (χ1n) is 12.9. The van der Waals surface area contributed by atoms with Crippen molar-refractivity contribution in [2.45, 2.75) is 51.9 Å². The summed E-state index contributed by atoms with van der Waals surface area (Å²) in [5.41, 5.74) is 1.19. The third-order valence-corrected chi connectivity index (χ3v) is 7.29. The van der Waals surface area contributed by atoms with Gasteiger partial charge in [-0.05, 0) is 44.4 Å². The predicted molar refractivity (Wildman–Crippen MR) is 131 cm³/mol. The fraction of sp³-hybridized carbons (Fsp3) is 0.630. The van der Waals surface area contributed by atoms with Gasteiger partial charge in [-0.3, -0.25) is 19.4 Å². The van der Waals surface area contributed by atoms with Crippen LogP contribution >= 0.6 is 0 Å². The van der Waals surface area contributed by atoms with E-state index >= 15 is 0 Å². The van der Waals surface area contributed by atoms with Crippen LogP contribution in [-0.4, -0.2) is 67.5 Å². The molecule has 0 spiro atoms. The number of ether oxygens (including phenoxy) is 1. The third-order valence-electron chi connectivity index (χ3n) is 7.29. The predicted octanol–water partition coefficient (Wildman–Crippen LogP) is 4.11. The number of unbranched alkanes of at least 4 members (excludes halogenated alkanes) is 3. The summed E-state index contributed by atoms with van der Waals surface area (Å²) in [6.07, 6.45) is 11.2. The van der Waals surface area contributed by atoms with Crippen LogP contribution in [0.2, 0.25) is 0 Å². The summed E-state index contributed by atoms with van der Waals surface area (Å²) < 4.78 is 6.12. The van der Waals surface area contributed by atoms with Gasteiger partial charge in [0.15, 0.2) is 0 Å². The van der Waals surface area contributed by atoms with Gasteiger partial charge in [-0.1, -0.05) is 50.5 Å². The van der Waals surface area contributed by atoms with Crippen LogP contribution in [0, 0.1) is 11.8 Å². The number of benzene rings is 1. The maximum atomic E-state index is 12.6. The first-order chi connectivity index (χ1) is 16.2. The van der Waals surface area contributed by atoms with Gasteiger partial charge in [0.2, 0.25) is 11.8 Å². The van der Waals surface area contributed by atoms with Crippen molar-refractivity contribution < 1.29 is 14.3 Å². The highest BCUT2D eigenvalue weighted by Gasteiger charge is 2.46. The number of para-hydroxylation sites is 2. The molecule has 3 aliphatic rings. The smallest absolute Gasteiger partial charge is 0.233 e. The molecular weight excluding hydrogens is 414 g/mol. The largest absolute Gasteiger partial charge is 0.491 e. The van der Waals surface area contributed by atoms with Crippen LogP contribution in [0.25, 0.3) is 0 Å². The van der Waals surface area contributed by atoms with E-state index in [0.29, 0.717) is 6.54 Å². The summed E-state index contributed by atoms with van der Waals surface area (Å²) in [6, 6.07) is 8.38. The number of nitrogens with zero attached hydrogens (tertiary/aromatic N) is 3. The van der Waals surface area contributed by atoms with Gasteiger partial charge in [0.25, 0.3) is 0 Å². The SMILES string of the molecule is CCCCCCOc1ccccc1N1CCN(CCCN2C(=O)C3CC=CCC3C2=O)CC1. The lowest BCUT2D eigenvalue weighted by atomic mass is 9.85. The van der Waals surface area contributed by atoms with Crippen molar-refractivity contribution in [2.24, 2.45) is 11.8 Å². The van der Waals surface area contributed by atoms with E-state index in [0.717, 1.165) is 70.8 Å². The molecule has 2 aliphatic heterocycles. The van der Waals surface area contributed by atoms with Gasteiger partial charge in [0.1, 0.15) is 5.75 Å². The Labute approximate surface area is 198 Å². The molecule has 1 aromatic carbocycles. The zero-order valence-corrected chi connectivity index (χ0v) is 20.1. The van der Waals surface area contributed by atoms with Gasteiger partial charge in [-0.2, -0.15) is 0 Å². The van der Waals surface area contributed by atoms with Gasteiger partial charge in [0.05, 0.1) is 24.1 Å². The van der Waals surface area contributed by atoms with Crippen molar-refractivity contribution >= 4 is 17.5 Å². The van der Waals surface area contributed by atoms with E-state index in [1.54, 1.807) is 0 Å². The standard InChI is InChI=1S/C27H39N3O3/c1-2-3-4-9-21-33-25-14-8-7-13-24(25)29-19-17-28(18-20-29)15-10-16-30-26(31)22-11-5-6-12-23(22)27(30)32/h5-8,13-14,22-23H,2-4,9-12,15-21H2,1H3. The molecule has 33 heavy (non-hydrogen) atoms. The van der Waals surface area contributed by atoms with Crippen molar-refractivity contribution in [1.82, 2.24) is 9.80 Å². The molecule has 6 nitrogen and oxygen atoms in total. The average Bonchev–Trinajstić information content (AvgIpc) is 3.10. The van der Waals surface area contributed by atoms with Gasteiger partial charge in [-0.15, -0.1) is 0 Å². The Balaban J connectivity index is 1.20. The zero-order valence-electron chi connectivity index (χ0n) is 20.1. The summed E-state index contributed by atoms with van der Waals surface area (Å²) in [7, 11) is 0. The van der Waals surface area contributed by atoms with Gasteiger partial charge >= 0.3 is 0 Å². The van der Waals surface area contributed by atoms with Crippen LogP contribution in [0.5, 0.6) is 5.75 Å². The molecule has 2 atom stereocenters. The van der Waals surface area contributed by atoms with E-state index in [1.807, 2.05) is 18.2 Å². The van der Waals surface area contributed by atoms with Crippen LogP contribution in [-0.2, 0) is 9.59 Å². The number of fused-ring (bicyclic) bond motifs is 1. The first-order valence-corrected chi connectivity index (χ1v) is 12.9. The van der Waals surface area contributed by atoms with Gasteiger partial charge < -0.3 is 9.64 Å². The normalized spacial score (nSPS) is 23.3. The van der Waals surface area contributed by atoms with E-state index in [9.17, 15) is 9.59 Å². The van der Waals surface area contributed by atoms with E-state index in [2.05, 4.69) is 34.9 Å². The molecular formula is C27H39N3O3. The van der Waals surface area contributed by atoms with Crippen LogP contribution in [0.4, 0.5) is 5.69 Å². The highest BCUT2D eigenvalue weighted by atomic mass is 16.5. The molecule has 6 heteroatoms. The van der Waals surface area contributed by atoms with E-state index in [4.69, 9.17) is 4.74 Å². The molecule has 2 saturated heterocycles. The molecule has 2 amide bonds. The lowest BCUT2D eigenvalue weighted by molar-refractivity contribution is -0.140. The summed E-state index contributed by atoms with van der Waals surface area (Å²) in [5.74, 6) is 0.861. The second-order valence-corrected chi connectivity index (χ2v) is 9.54. The van der Waals surface area contributed by atoms with Crippen molar-refractivity contribution in [3.05, 3.63) is 36.4 Å². The second kappa shape index (κ2) is 11.7. The molecule has 180 valence electrons. The van der Waals surface area contributed by atoms with Gasteiger partial charge in [0, 0.05) is 32.7 Å². The molecule has 2 unspecified atom stereocenters. The zero-order chi connectivity index (χ0) is 23.0. The Morgan fingerprint density at radius 1 is 0.848 bits per heavy atom. The summed E-state index contributed by atoms with van der Waals surface area (Å²) in [4.78, 5) is 31.7. The summed E-state index contributed by atoms with van der Waals surface area (Å²) in [6.45, 7) is 8.39. The maximum Gasteiger partial charge on any atom is 0.233 e.